The molecule has 2 atom stereocenters. The molecule has 3 aliphatic rings. The van der Waals surface area contributed by atoms with E-state index in [1.54, 1.807) is 35.2 Å². The molecule has 4 rings (SSSR count). The van der Waals surface area contributed by atoms with Gasteiger partial charge in [-0.15, -0.1) is 0 Å². The zero-order valence-electron chi connectivity index (χ0n) is 18.0. The van der Waals surface area contributed by atoms with Crippen molar-refractivity contribution in [1.29, 1.82) is 0 Å². The Labute approximate surface area is 181 Å². The van der Waals surface area contributed by atoms with Gasteiger partial charge in [0.15, 0.2) is 0 Å². The number of ether oxygens (including phenoxy) is 1. The number of amides is 1. The van der Waals surface area contributed by atoms with Gasteiger partial charge in [0.1, 0.15) is 11.7 Å². The minimum absolute atomic E-state index is 0.00728. The van der Waals surface area contributed by atoms with E-state index in [2.05, 4.69) is 15.4 Å². The SMILES string of the molecule is CC(=O)N1CCC(NC2CCOC2)=C(C(N)=Nc2ccc(C3C=NN(C)C3)c(F)c2)C1. The summed E-state index contributed by atoms with van der Waals surface area (Å²) in [6.45, 7) is 4.59. The smallest absolute Gasteiger partial charge is 0.219 e. The fourth-order valence-corrected chi connectivity index (χ4v) is 4.17. The molecule has 0 bridgehead atoms. The van der Waals surface area contributed by atoms with Crippen molar-refractivity contribution in [2.75, 3.05) is 39.9 Å². The first-order chi connectivity index (χ1) is 14.9. The Morgan fingerprint density at radius 3 is 2.90 bits per heavy atom. The number of halogens is 1. The third kappa shape index (κ3) is 4.87. The second-order valence-electron chi connectivity index (χ2n) is 8.27. The van der Waals surface area contributed by atoms with E-state index in [1.165, 1.54) is 6.07 Å². The molecule has 3 aliphatic heterocycles. The number of aliphatic imine (C=N–C) groups is 1. The Morgan fingerprint density at radius 1 is 1.42 bits per heavy atom. The first-order valence-electron chi connectivity index (χ1n) is 10.6. The van der Waals surface area contributed by atoms with Gasteiger partial charge in [0.2, 0.25) is 5.91 Å². The lowest BCUT2D eigenvalue weighted by Crippen LogP contribution is -2.43. The van der Waals surface area contributed by atoms with E-state index in [9.17, 15) is 9.18 Å². The molecule has 0 aromatic heterocycles. The Kier molecular flexibility index (Phi) is 6.22. The van der Waals surface area contributed by atoms with Gasteiger partial charge in [-0.1, -0.05) is 6.07 Å². The predicted molar refractivity (Wildman–Crippen MR) is 118 cm³/mol. The Morgan fingerprint density at radius 2 is 2.26 bits per heavy atom. The molecule has 1 fully saturated rings. The summed E-state index contributed by atoms with van der Waals surface area (Å²) in [5.74, 6) is -0.117. The van der Waals surface area contributed by atoms with Gasteiger partial charge in [-0.3, -0.25) is 9.80 Å². The molecule has 0 radical (unpaired) electrons. The molecule has 3 heterocycles. The van der Waals surface area contributed by atoms with Crippen molar-refractivity contribution < 1.29 is 13.9 Å². The largest absolute Gasteiger partial charge is 0.383 e. The summed E-state index contributed by atoms with van der Waals surface area (Å²) in [7, 11) is 1.86. The van der Waals surface area contributed by atoms with Crippen LogP contribution in [0.4, 0.5) is 10.1 Å². The molecule has 166 valence electrons. The van der Waals surface area contributed by atoms with Gasteiger partial charge in [0.05, 0.1) is 24.9 Å². The predicted octanol–water partition coefficient (Wildman–Crippen LogP) is 1.71. The van der Waals surface area contributed by atoms with Crippen LogP contribution in [0.25, 0.3) is 0 Å². The standard InChI is InChI=1S/C22H29FN6O2/c1-14(30)29-7-5-21(26-17-6-8-31-13-17)19(12-29)22(24)27-16-3-4-18(20(23)9-16)15-10-25-28(2)11-15/h3-4,9-10,15,17,26H,5-8,11-13H2,1-2H3,(H2,24,27). The lowest BCUT2D eigenvalue weighted by Gasteiger charge is -2.31. The minimum Gasteiger partial charge on any atom is -0.383 e. The number of carbonyl (C=O) groups excluding carboxylic acids is 1. The summed E-state index contributed by atoms with van der Waals surface area (Å²) in [5.41, 5.74) is 9.17. The number of carbonyl (C=O) groups is 1. The van der Waals surface area contributed by atoms with Crippen molar-refractivity contribution >= 4 is 23.6 Å². The highest BCUT2D eigenvalue weighted by Crippen LogP contribution is 2.27. The van der Waals surface area contributed by atoms with Crippen LogP contribution in [-0.4, -0.2) is 73.8 Å². The van der Waals surface area contributed by atoms with E-state index in [-0.39, 0.29) is 23.7 Å². The third-order valence-corrected chi connectivity index (χ3v) is 5.95. The lowest BCUT2D eigenvalue weighted by atomic mass is 10.00. The summed E-state index contributed by atoms with van der Waals surface area (Å²) in [5, 5.41) is 9.48. The van der Waals surface area contributed by atoms with Gasteiger partial charge in [0, 0.05) is 63.5 Å². The number of likely N-dealkylation sites (N-methyl/N-ethyl adjacent to an activating group) is 1. The van der Waals surface area contributed by atoms with Crippen LogP contribution in [0.1, 0.15) is 31.2 Å². The summed E-state index contributed by atoms with van der Waals surface area (Å²) in [6.07, 6.45) is 3.35. The lowest BCUT2D eigenvalue weighted by molar-refractivity contribution is -0.128. The molecule has 9 heteroatoms. The maximum absolute atomic E-state index is 14.8. The van der Waals surface area contributed by atoms with Crippen molar-refractivity contribution in [2.24, 2.45) is 15.8 Å². The highest BCUT2D eigenvalue weighted by Gasteiger charge is 2.26. The van der Waals surface area contributed by atoms with Crippen LogP contribution in [0.15, 0.2) is 39.6 Å². The number of nitrogens with zero attached hydrogens (tertiary/aromatic N) is 4. The molecule has 0 spiro atoms. The first-order valence-corrected chi connectivity index (χ1v) is 10.6. The second kappa shape index (κ2) is 9.05. The van der Waals surface area contributed by atoms with Gasteiger partial charge in [-0.25, -0.2) is 9.38 Å². The summed E-state index contributed by atoms with van der Waals surface area (Å²) in [4.78, 5) is 18.2. The third-order valence-electron chi connectivity index (χ3n) is 5.95. The van der Waals surface area contributed by atoms with Crippen LogP contribution in [0, 0.1) is 5.82 Å². The van der Waals surface area contributed by atoms with Gasteiger partial charge < -0.3 is 20.7 Å². The number of rotatable bonds is 5. The zero-order chi connectivity index (χ0) is 22.0. The van der Waals surface area contributed by atoms with Crippen molar-refractivity contribution in [2.45, 2.75) is 31.7 Å². The summed E-state index contributed by atoms with van der Waals surface area (Å²) >= 11 is 0. The number of amidine groups is 1. The van der Waals surface area contributed by atoms with Crippen LogP contribution in [0.5, 0.6) is 0 Å². The number of hydrogen-bond acceptors (Lipinski definition) is 6. The molecule has 31 heavy (non-hydrogen) atoms. The average Bonchev–Trinajstić information content (AvgIpc) is 3.40. The van der Waals surface area contributed by atoms with Crippen molar-refractivity contribution in [1.82, 2.24) is 15.2 Å². The van der Waals surface area contributed by atoms with Gasteiger partial charge in [0.25, 0.3) is 0 Å². The molecule has 8 nitrogen and oxygen atoms in total. The van der Waals surface area contributed by atoms with Crippen molar-refractivity contribution in [3.63, 3.8) is 0 Å². The molecule has 1 amide bonds. The Bertz CT molecular complexity index is 938. The molecule has 1 aromatic rings. The van der Waals surface area contributed by atoms with Gasteiger partial charge in [-0.2, -0.15) is 5.10 Å². The van der Waals surface area contributed by atoms with E-state index in [0.717, 1.165) is 24.3 Å². The number of benzene rings is 1. The van der Waals surface area contributed by atoms with Crippen LogP contribution in [0.3, 0.4) is 0 Å². The Balaban J connectivity index is 1.58. The van der Waals surface area contributed by atoms with Crippen LogP contribution < -0.4 is 11.1 Å². The molecular weight excluding hydrogens is 399 g/mol. The average molecular weight is 429 g/mol. The maximum Gasteiger partial charge on any atom is 0.219 e. The van der Waals surface area contributed by atoms with Gasteiger partial charge in [-0.05, 0) is 24.1 Å². The quantitative estimate of drug-likeness (QED) is 0.550. The summed E-state index contributed by atoms with van der Waals surface area (Å²) in [6, 6.07) is 5.13. The fourth-order valence-electron chi connectivity index (χ4n) is 4.17. The molecule has 0 saturated carbocycles. The van der Waals surface area contributed by atoms with E-state index in [4.69, 9.17) is 10.5 Å². The van der Waals surface area contributed by atoms with E-state index in [0.29, 0.717) is 49.7 Å². The van der Waals surface area contributed by atoms with Crippen LogP contribution in [-0.2, 0) is 9.53 Å². The molecular formula is C22H29FN6O2. The number of nitrogens with one attached hydrogen (secondary N) is 1. The normalized spacial score (nSPS) is 24.3. The first kappa shape index (κ1) is 21.3. The maximum atomic E-state index is 14.8. The van der Waals surface area contributed by atoms with Crippen molar-refractivity contribution in [3.05, 3.63) is 40.8 Å². The molecule has 1 aromatic carbocycles. The monoisotopic (exact) mass is 428 g/mol. The summed E-state index contributed by atoms with van der Waals surface area (Å²) < 4.78 is 20.2. The second-order valence-corrected chi connectivity index (χ2v) is 8.27. The fraction of sp³-hybridized carbons (Fsp3) is 0.500. The van der Waals surface area contributed by atoms with Crippen LogP contribution >= 0.6 is 0 Å². The van der Waals surface area contributed by atoms with E-state index < -0.39 is 0 Å². The Hall–Kier alpha value is -2.94. The van der Waals surface area contributed by atoms with Gasteiger partial charge >= 0.3 is 0 Å². The number of nitrogens with two attached hydrogens (primary N) is 1. The zero-order valence-corrected chi connectivity index (χ0v) is 18.0. The van der Waals surface area contributed by atoms with Crippen LogP contribution in [0.2, 0.25) is 0 Å². The molecule has 0 aliphatic carbocycles. The number of hydrogen-bond donors (Lipinski definition) is 2. The molecule has 3 N–H and O–H groups in total. The molecule has 2 unspecified atom stereocenters. The topological polar surface area (TPSA) is 95.5 Å². The molecule has 1 saturated heterocycles. The highest BCUT2D eigenvalue weighted by molar-refractivity contribution is 6.00. The van der Waals surface area contributed by atoms with Crippen molar-refractivity contribution in [3.8, 4) is 0 Å². The number of hydrazone groups is 1. The minimum atomic E-state index is -0.328. The highest BCUT2D eigenvalue weighted by atomic mass is 19.1. The van der Waals surface area contributed by atoms with E-state index in [1.807, 2.05) is 7.05 Å². The van der Waals surface area contributed by atoms with E-state index >= 15 is 0 Å².